The number of halogens is 1. The van der Waals surface area contributed by atoms with Crippen molar-refractivity contribution in [2.75, 3.05) is 33.2 Å². The van der Waals surface area contributed by atoms with E-state index in [0.717, 1.165) is 60.8 Å². The Labute approximate surface area is 170 Å². The molecular formula is C22H28FN5O. The number of hydrogen-bond acceptors (Lipinski definition) is 3. The molecule has 3 heterocycles. The molecule has 1 atom stereocenters. The molecule has 7 heteroatoms. The van der Waals surface area contributed by atoms with E-state index in [9.17, 15) is 4.39 Å². The van der Waals surface area contributed by atoms with Gasteiger partial charge in [-0.15, -0.1) is 0 Å². The first-order chi connectivity index (χ1) is 14.2. The lowest BCUT2D eigenvalue weighted by Crippen LogP contribution is -2.43. The van der Waals surface area contributed by atoms with E-state index in [4.69, 9.17) is 4.42 Å². The fourth-order valence-electron chi connectivity index (χ4n) is 4.04. The average molecular weight is 397 g/mol. The zero-order valence-corrected chi connectivity index (χ0v) is 16.7. The first kappa shape index (κ1) is 19.5. The zero-order valence-electron chi connectivity index (χ0n) is 16.7. The molecule has 6 nitrogen and oxygen atoms in total. The van der Waals surface area contributed by atoms with Gasteiger partial charge in [-0.05, 0) is 68.2 Å². The van der Waals surface area contributed by atoms with Crippen LogP contribution in [0.4, 0.5) is 4.39 Å². The Bertz CT molecular complexity index is 943. The maximum absolute atomic E-state index is 13.3. The van der Waals surface area contributed by atoms with E-state index >= 15 is 0 Å². The molecule has 0 bridgehead atoms. The zero-order chi connectivity index (χ0) is 20.1. The normalized spacial score (nSPS) is 16.4. The van der Waals surface area contributed by atoms with Crippen LogP contribution in [0.5, 0.6) is 0 Å². The summed E-state index contributed by atoms with van der Waals surface area (Å²) in [5.41, 5.74) is 1.99. The Morgan fingerprint density at radius 2 is 2.14 bits per heavy atom. The van der Waals surface area contributed by atoms with Gasteiger partial charge in [0.2, 0.25) is 0 Å². The second-order valence-corrected chi connectivity index (χ2v) is 7.41. The number of furan rings is 1. The van der Waals surface area contributed by atoms with Crippen LogP contribution in [0.3, 0.4) is 0 Å². The number of aliphatic imine (C=N–C) groups is 1. The van der Waals surface area contributed by atoms with Crippen molar-refractivity contribution in [2.45, 2.75) is 25.3 Å². The van der Waals surface area contributed by atoms with Crippen LogP contribution in [-0.2, 0) is 6.42 Å². The summed E-state index contributed by atoms with van der Waals surface area (Å²) in [5, 5.41) is 7.87. The molecule has 3 aromatic rings. The van der Waals surface area contributed by atoms with Crippen LogP contribution >= 0.6 is 0 Å². The molecule has 0 saturated carbocycles. The van der Waals surface area contributed by atoms with Gasteiger partial charge >= 0.3 is 0 Å². The number of nitrogens with zero attached hydrogens (tertiary/aromatic N) is 2. The SMILES string of the molecule is CN=C(NCCc1c[nH]c2cc(F)ccc12)NCC(c1ccco1)N1CCCC1. The molecule has 1 saturated heterocycles. The van der Waals surface area contributed by atoms with Gasteiger partial charge in [0.15, 0.2) is 5.96 Å². The molecule has 0 amide bonds. The van der Waals surface area contributed by atoms with Crippen LogP contribution in [0, 0.1) is 5.82 Å². The second kappa shape index (κ2) is 9.13. The number of nitrogens with one attached hydrogen (secondary N) is 3. The van der Waals surface area contributed by atoms with Crippen LogP contribution in [0.1, 0.15) is 30.2 Å². The molecule has 0 radical (unpaired) electrons. The van der Waals surface area contributed by atoms with E-state index in [1.807, 2.05) is 24.4 Å². The van der Waals surface area contributed by atoms with E-state index < -0.39 is 0 Å². The molecule has 2 aromatic heterocycles. The Hall–Kier alpha value is -2.80. The number of benzene rings is 1. The van der Waals surface area contributed by atoms with Crippen molar-refractivity contribution < 1.29 is 8.81 Å². The third-order valence-electron chi connectivity index (χ3n) is 5.56. The fraction of sp³-hybridized carbons (Fsp3) is 0.409. The summed E-state index contributed by atoms with van der Waals surface area (Å²) < 4.78 is 19.0. The molecule has 1 aliphatic rings. The van der Waals surface area contributed by atoms with Crippen LogP contribution in [0.2, 0.25) is 0 Å². The number of guanidine groups is 1. The number of likely N-dealkylation sites (tertiary alicyclic amines) is 1. The molecule has 1 aromatic carbocycles. The van der Waals surface area contributed by atoms with Crippen molar-refractivity contribution in [3.8, 4) is 0 Å². The highest BCUT2D eigenvalue weighted by Crippen LogP contribution is 2.25. The Morgan fingerprint density at radius 1 is 1.28 bits per heavy atom. The monoisotopic (exact) mass is 397 g/mol. The summed E-state index contributed by atoms with van der Waals surface area (Å²) in [5.74, 6) is 1.53. The first-order valence-corrected chi connectivity index (χ1v) is 10.2. The van der Waals surface area contributed by atoms with Crippen molar-refractivity contribution in [3.63, 3.8) is 0 Å². The van der Waals surface area contributed by atoms with Crippen molar-refractivity contribution >= 4 is 16.9 Å². The van der Waals surface area contributed by atoms with Gasteiger partial charge in [-0.1, -0.05) is 0 Å². The maximum atomic E-state index is 13.3. The summed E-state index contributed by atoms with van der Waals surface area (Å²) in [6, 6.07) is 9.04. The molecule has 29 heavy (non-hydrogen) atoms. The van der Waals surface area contributed by atoms with Gasteiger partial charge in [-0.3, -0.25) is 9.89 Å². The average Bonchev–Trinajstić information content (AvgIpc) is 3.49. The van der Waals surface area contributed by atoms with Crippen molar-refractivity contribution in [3.05, 3.63) is 59.9 Å². The molecule has 1 fully saturated rings. The van der Waals surface area contributed by atoms with Gasteiger partial charge in [0.05, 0.1) is 12.3 Å². The van der Waals surface area contributed by atoms with E-state index in [0.29, 0.717) is 0 Å². The molecular weight excluding hydrogens is 369 g/mol. The van der Waals surface area contributed by atoms with E-state index in [1.54, 1.807) is 13.3 Å². The van der Waals surface area contributed by atoms with Crippen molar-refractivity contribution in [1.82, 2.24) is 20.5 Å². The number of fused-ring (bicyclic) bond motifs is 1. The second-order valence-electron chi connectivity index (χ2n) is 7.41. The molecule has 0 spiro atoms. The molecule has 4 rings (SSSR count). The van der Waals surface area contributed by atoms with Gasteiger partial charge < -0.3 is 20.0 Å². The van der Waals surface area contributed by atoms with Crippen LogP contribution in [0.25, 0.3) is 10.9 Å². The number of aromatic nitrogens is 1. The van der Waals surface area contributed by atoms with Crippen molar-refractivity contribution in [1.29, 1.82) is 0 Å². The molecule has 1 aliphatic heterocycles. The summed E-state index contributed by atoms with van der Waals surface area (Å²) in [6.07, 6.45) is 6.97. The third-order valence-corrected chi connectivity index (χ3v) is 5.56. The van der Waals surface area contributed by atoms with Crippen LogP contribution in [0.15, 0.2) is 52.2 Å². The summed E-state index contributed by atoms with van der Waals surface area (Å²) in [7, 11) is 1.78. The van der Waals surface area contributed by atoms with Crippen molar-refractivity contribution in [2.24, 2.45) is 4.99 Å². The molecule has 1 unspecified atom stereocenters. The van der Waals surface area contributed by atoms with Gasteiger partial charge in [0, 0.05) is 37.2 Å². The summed E-state index contributed by atoms with van der Waals surface area (Å²) in [4.78, 5) is 9.95. The predicted octanol–water partition coefficient (Wildman–Crippen LogP) is 3.44. The lowest BCUT2D eigenvalue weighted by molar-refractivity contribution is 0.215. The van der Waals surface area contributed by atoms with E-state index in [-0.39, 0.29) is 11.9 Å². The van der Waals surface area contributed by atoms with Gasteiger partial charge in [0.25, 0.3) is 0 Å². The molecule has 0 aliphatic carbocycles. The number of rotatable bonds is 7. The topological polar surface area (TPSA) is 68.6 Å². The highest BCUT2D eigenvalue weighted by atomic mass is 19.1. The minimum atomic E-state index is -0.224. The van der Waals surface area contributed by atoms with Gasteiger partial charge in [0.1, 0.15) is 11.6 Å². The minimum Gasteiger partial charge on any atom is -0.468 e. The van der Waals surface area contributed by atoms with Crippen LogP contribution < -0.4 is 10.6 Å². The largest absolute Gasteiger partial charge is 0.468 e. The highest BCUT2D eigenvalue weighted by molar-refractivity contribution is 5.83. The Morgan fingerprint density at radius 3 is 2.90 bits per heavy atom. The third kappa shape index (κ3) is 4.62. The Balaban J connectivity index is 1.32. The molecule has 154 valence electrons. The highest BCUT2D eigenvalue weighted by Gasteiger charge is 2.25. The van der Waals surface area contributed by atoms with Crippen LogP contribution in [-0.4, -0.2) is 49.1 Å². The lowest BCUT2D eigenvalue weighted by atomic mass is 10.1. The lowest BCUT2D eigenvalue weighted by Gasteiger charge is -2.26. The molecule has 3 N–H and O–H groups in total. The predicted molar refractivity (Wildman–Crippen MR) is 114 cm³/mol. The van der Waals surface area contributed by atoms with Gasteiger partial charge in [-0.25, -0.2) is 4.39 Å². The maximum Gasteiger partial charge on any atom is 0.191 e. The number of H-pyrrole nitrogens is 1. The number of aromatic amines is 1. The standard InChI is InChI=1S/C22H28FN5O/c1-24-22(25-9-8-16-14-26-19-13-17(23)6-7-18(16)19)27-15-20(21-5-4-12-29-21)28-10-2-3-11-28/h4-7,12-14,20,26H,2-3,8-11,15H2,1H3,(H2,24,25,27). The minimum absolute atomic E-state index is 0.203. The number of hydrogen-bond donors (Lipinski definition) is 3. The quantitative estimate of drug-likeness (QED) is 0.422. The van der Waals surface area contributed by atoms with E-state index in [1.165, 1.54) is 25.0 Å². The smallest absolute Gasteiger partial charge is 0.191 e. The first-order valence-electron chi connectivity index (χ1n) is 10.2. The summed E-state index contributed by atoms with van der Waals surface area (Å²) >= 11 is 0. The Kier molecular flexibility index (Phi) is 6.14. The van der Waals surface area contributed by atoms with Gasteiger partial charge in [-0.2, -0.15) is 0 Å². The van der Waals surface area contributed by atoms with E-state index in [2.05, 4.69) is 25.5 Å². The fourth-order valence-corrected chi connectivity index (χ4v) is 4.04. The summed E-state index contributed by atoms with van der Waals surface area (Å²) in [6.45, 7) is 3.67.